The number of hydrazone groups is 1. The van der Waals surface area contributed by atoms with Gasteiger partial charge in [0, 0.05) is 4.88 Å². The largest absolute Gasteiger partial charge is 0.465 e. The number of hydrogen-bond donors (Lipinski definition) is 2. The molecule has 0 radical (unpaired) electrons. The molecule has 0 fully saturated rings. The molecule has 0 saturated heterocycles. The zero-order valence-corrected chi connectivity index (χ0v) is 16.5. The number of amides is 2. The number of carbonyl (C=O) groups excluding carboxylic acids is 3. The minimum absolute atomic E-state index is 0.350. The Morgan fingerprint density at radius 1 is 1.07 bits per heavy atom. The van der Waals surface area contributed by atoms with Crippen molar-refractivity contribution in [2.24, 2.45) is 5.10 Å². The molecule has 0 atom stereocenters. The summed E-state index contributed by atoms with van der Waals surface area (Å²) in [7, 11) is 1.30. The van der Waals surface area contributed by atoms with Gasteiger partial charge in [-0.05, 0) is 43.7 Å². The molecule has 28 heavy (non-hydrogen) atoms. The monoisotopic (exact) mass is 399 g/mol. The first-order chi connectivity index (χ1) is 13.5. The predicted octanol–water partition coefficient (Wildman–Crippen LogP) is 2.89. The number of hydrogen-bond acceptors (Lipinski definition) is 6. The van der Waals surface area contributed by atoms with Crippen LogP contribution in [0.25, 0.3) is 0 Å². The normalized spacial score (nSPS) is 13.4. The summed E-state index contributed by atoms with van der Waals surface area (Å²) in [5.41, 5.74) is 4.93. The van der Waals surface area contributed by atoms with Crippen LogP contribution < -0.4 is 10.7 Å². The van der Waals surface area contributed by atoms with Crippen molar-refractivity contribution in [3.05, 3.63) is 51.9 Å². The van der Waals surface area contributed by atoms with Crippen LogP contribution in [0.1, 0.15) is 46.1 Å². The van der Waals surface area contributed by atoms with Crippen molar-refractivity contribution in [2.45, 2.75) is 32.6 Å². The Bertz CT molecular complexity index is 934. The first kappa shape index (κ1) is 19.8. The molecule has 1 aromatic carbocycles. The van der Waals surface area contributed by atoms with Crippen LogP contribution in [0.15, 0.2) is 35.4 Å². The van der Waals surface area contributed by atoms with Gasteiger partial charge in [-0.15, -0.1) is 11.3 Å². The Morgan fingerprint density at radius 2 is 1.79 bits per heavy atom. The summed E-state index contributed by atoms with van der Waals surface area (Å²) in [6.45, 7) is 1.73. The Labute approximate surface area is 166 Å². The second-order valence-corrected chi connectivity index (χ2v) is 7.47. The minimum Gasteiger partial charge on any atom is -0.465 e. The minimum atomic E-state index is -0.905. The fraction of sp³-hybridized carbons (Fsp3) is 0.300. The third-order valence-corrected chi connectivity index (χ3v) is 5.72. The maximum absolute atomic E-state index is 12.3. The molecule has 1 aliphatic rings. The number of ether oxygens (including phenoxy) is 1. The Hall–Kier alpha value is -3.00. The molecule has 7 nitrogen and oxygen atoms in total. The van der Waals surface area contributed by atoms with Crippen molar-refractivity contribution in [1.82, 2.24) is 5.43 Å². The number of esters is 1. The average Bonchev–Trinajstić information content (AvgIpc) is 3.09. The second-order valence-electron chi connectivity index (χ2n) is 6.36. The lowest BCUT2D eigenvalue weighted by Crippen LogP contribution is -2.33. The summed E-state index contributed by atoms with van der Waals surface area (Å²) in [5, 5.41) is 6.86. The van der Waals surface area contributed by atoms with E-state index in [1.54, 1.807) is 6.92 Å². The lowest BCUT2D eigenvalue weighted by atomic mass is 9.95. The maximum atomic E-state index is 12.3. The summed E-state index contributed by atoms with van der Waals surface area (Å²) >= 11 is 1.32. The van der Waals surface area contributed by atoms with Crippen LogP contribution in [0.3, 0.4) is 0 Å². The van der Waals surface area contributed by atoms with Gasteiger partial charge in [0.1, 0.15) is 5.00 Å². The fourth-order valence-electron chi connectivity index (χ4n) is 3.06. The molecular weight excluding hydrogens is 378 g/mol. The van der Waals surface area contributed by atoms with Crippen molar-refractivity contribution in [1.29, 1.82) is 0 Å². The van der Waals surface area contributed by atoms with E-state index in [1.165, 1.54) is 18.4 Å². The quantitative estimate of drug-likeness (QED) is 0.358. The van der Waals surface area contributed by atoms with Gasteiger partial charge in [-0.1, -0.05) is 30.3 Å². The first-order valence-corrected chi connectivity index (χ1v) is 9.76. The fourth-order valence-corrected chi connectivity index (χ4v) is 4.33. The van der Waals surface area contributed by atoms with Crippen molar-refractivity contribution in [2.75, 3.05) is 12.4 Å². The average molecular weight is 399 g/mol. The van der Waals surface area contributed by atoms with Gasteiger partial charge in [-0.2, -0.15) is 5.10 Å². The summed E-state index contributed by atoms with van der Waals surface area (Å²) in [5.74, 6) is -2.29. The molecule has 2 amide bonds. The van der Waals surface area contributed by atoms with Crippen LogP contribution in [0.4, 0.5) is 5.00 Å². The highest BCUT2D eigenvalue weighted by molar-refractivity contribution is 7.17. The number of anilines is 1. The lowest BCUT2D eigenvalue weighted by Gasteiger charge is -2.11. The number of rotatable bonds is 4. The van der Waals surface area contributed by atoms with Gasteiger partial charge in [0.25, 0.3) is 0 Å². The van der Waals surface area contributed by atoms with E-state index in [-0.39, 0.29) is 0 Å². The molecule has 146 valence electrons. The van der Waals surface area contributed by atoms with Gasteiger partial charge in [0.05, 0.1) is 18.4 Å². The molecular formula is C20H21N3O4S. The van der Waals surface area contributed by atoms with E-state index in [0.29, 0.717) is 16.3 Å². The summed E-state index contributed by atoms with van der Waals surface area (Å²) in [6, 6.07) is 9.29. The number of carbonyl (C=O) groups is 3. The molecule has 0 spiro atoms. The Balaban J connectivity index is 1.73. The van der Waals surface area contributed by atoms with Crippen molar-refractivity contribution >= 4 is 39.8 Å². The number of nitrogens with zero attached hydrogens (tertiary/aromatic N) is 1. The maximum Gasteiger partial charge on any atom is 0.341 e. The van der Waals surface area contributed by atoms with E-state index >= 15 is 0 Å². The molecule has 8 heteroatoms. The zero-order chi connectivity index (χ0) is 20.1. The Morgan fingerprint density at radius 3 is 2.50 bits per heavy atom. The van der Waals surface area contributed by atoms with Crippen LogP contribution in [-0.4, -0.2) is 30.6 Å². The number of aryl methyl sites for hydroxylation is 1. The SMILES string of the molecule is COC(=O)c1c(NC(=O)C(=O)N/N=C(\C)c2ccccc2)sc2c1CCCC2. The van der Waals surface area contributed by atoms with Gasteiger partial charge in [-0.3, -0.25) is 9.59 Å². The highest BCUT2D eigenvalue weighted by Gasteiger charge is 2.28. The first-order valence-electron chi connectivity index (χ1n) is 8.95. The van der Waals surface area contributed by atoms with Crippen LogP contribution in [0.2, 0.25) is 0 Å². The third kappa shape index (κ3) is 4.28. The molecule has 2 N–H and O–H groups in total. The third-order valence-electron chi connectivity index (χ3n) is 4.51. The van der Waals surface area contributed by atoms with Crippen molar-refractivity contribution in [3.63, 3.8) is 0 Å². The number of methoxy groups -OCH3 is 1. The number of fused-ring (bicyclic) bond motifs is 1. The van der Waals surface area contributed by atoms with Crippen LogP contribution in [0, 0.1) is 0 Å². The predicted molar refractivity (Wildman–Crippen MR) is 108 cm³/mol. The van der Waals surface area contributed by atoms with Crippen LogP contribution in [-0.2, 0) is 27.2 Å². The van der Waals surface area contributed by atoms with Gasteiger partial charge in [0.15, 0.2) is 0 Å². The molecule has 0 unspecified atom stereocenters. The van der Waals surface area contributed by atoms with Crippen molar-refractivity contribution in [3.8, 4) is 0 Å². The molecule has 1 heterocycles. The van der Waals surface area contributed by atoms with Crippen LogP contribution >= 0.6 is 11.3 Å². The molecule has 0 bridgehead atoms. The lowest BCUT2D eigenvalue weighted by molar-refractivity contribution is -0.136. The molecule has 1 aromatic heterocycles. The van der Waals surface area contributed by atoms with E-state index in [0.717, 1.165) is 41.7 Å². The highest BCUT2D eigenvalue weighted by Crippen LogP contribution is 2.38. The molecule has 0 aliphatic heterocycles. The second kappa shape index (κ2) is 8.79. The summed E-state index contributed by atoms with van der Waals surface area (Å²) < 4.78 is 4.87. The van der Waals surface area contributed by atoms with E-state index in [2.05, 4.69) is 15.8 Å². The topological polar surface area (TPSA) is 96.9 Å². The summed E-state index contributed by atoms with van der Waals surface area (Å²) in [6.07, 6.45) is 3.63. The number of benzene rings is 1. The molecule has 1 aliphatic carbocycles. The molecule has 2 aromatic rings. The highest BCUT2D eigenvalue weighted by atomic mass is 32.1. The van der Waals surface area contributed by atoms with E-state index < -0.39 is 17.8 Å². The molecule has 3 rings (SSSR count). The number of nitrogens with one attached hydrogen (secondary N) is 2. The summed E-state index contributed by atoms with van der Waals surface area (Å²) in [4.78, 5) is 37.7. The van der Waals surface area contributed by atoms with E-state index in [1.807, 2.05) is 30.3 Å². The Kier molecular flexibility index (Phi) is 6.20. The number of thiophene rings is 1. The zero-order valence-electron chi connectivity index (χ0n) is 15.7. The van der Waals surface area contributed by atoms with E-state index in [4.69, 9.17) is 4.74 Å². The van der Waals surface area contributed by atoms with Gasteiger partial charge < -0.3 is 10.1 Å². The molecule has 0 saturated carbocycles. The van der Waals surface area contributed by atoms with E-state index in [9.17, 15) is 14.4 Å². The van der Waals surface area contributed by atoms with Crippen molar-refractivity contribution < 1.29 is 19.1 Å². The van der Waals surface area contributed by atoms with Crippen LogP contribution in [0.5, 0.6) is 0 Å². The standard InChI is InChI=1S/C20H21N3O4S/c1-12(13-8-4-3-5-9-13)22-23-18(25)17(24)21-19-16(20(26)27-2)14-10-6-7-11-15(14)28-19/h3-5,8-9H,6-7,10-11H2,1-2H3,(H,21,24)(H,23,25)/b22-12+. The van der Waals surface area contributed by atoms with Gasteiger partial charge in [-0.25, -0.2) is 10.2 Å². The van der Waals surface area contributed by atoms with Gasteiger partial charge >= 0.3 is 17.8 Å². The van der Waals surface area contributed by atoms with Gasteiger partial charge in [0.2, 0.25) is 0 Å². The smallest absolute Gasteiger partial charge is 0.341 e.